The predicted octanol–water partition coefficient (Wildman–Crippen LogP) is 6.54. The lowest BCUT2D eigenvalue weighted by Gasteiger charge is -2.42. The van der Waals surface area contributed by atoms with E-state index in [4.69, 9.17) is 10.1 Å². The zero-order valence-electron chi connectivity index (χ0n) is 21.4. The molecule has 0 saturated carbocycles. The smallest absolute Gasteiger partial charge is 0.0517 e. The number of rotatable bonds is 7. The predicted molar refractivity (Wildman–Crippen MR) is 140 cm³/mol. The molecule has 0 spiro atoms. The molecule has 2 heterocycles. The molecule has 33 heavy (non-hydrogen) atoms. The summed E-state index contributed by atoms with van der Waals surface area (Å²) in [6.45, 7) is 13.4. The Labute approximate surface area is 201 Å². The van der Waals surface area contributed by atoms with Crippen molar-refractivity contribution >= 4 is 5.71 Å². The van der Waals surface area contributed by atoms with Crippen molar-refractivity contribution < 1.29 is 5.11 Å². The number of aliphatic imine (C=N–C) groups is 1. The monoisotopic (exact) mass is 448 g/mol. The van der Waals surface area contributed by atoms with Crippen molar-refractivity contribution in [2.45, 2.75) is 89.9 Å². The van der Waals surface area contributed by atoms with Crippen LogP contribution in [0.15, 0.2) is 47.1 Å². The van der Waals surface area contributed by atoms with Crippen LogP contribution in [0, 0.1) is 5.92 Å². The van der Waals surface area contributed by atoms with Crippen LogP contribution in [0.5, 0.6) is 0 Å². The molecule has 4 rings (SSSR count). The molecule has 0 bridgehead atoms. The lowest BCUT2D eigenvalue weighted by Crippen LogP contribution is -2.35. The number of fused-ring (bicyclic) bond motifs is 1. The molecular weight excluding hydrogens is 404 g/mol. The quantitative estimate of drug-likeness (QED) is 0.481. The number of aliphatic hydroxyl groups excluding tert-OH is 1. The van der Waals surface area contributed by atoms with E-state index in [0.29, 0.717) is 12.5 Å². The number of likely N-dealkylation sites (tertiary alicyclic amines) is 1. The summed E-state index contributed by atoms with van der Waals surface area (Å²) in [4.78, 5) is 7.88. The Morgan fingerprint density at radius 1 is 0.970 bits per heavy atom. The first kappa shape index (κ1) is 24.4. The lowest BCUT2D eigenvalue weighted by atomic mass is 9.63. The highest BCUT2D eigenvalue weighted by molar-refractivity contribution is 6.02. The average molecular weight is 449 g/mol. The maximum Gasteiger partial charge on any atom is 0.0517 e. The highest BCUT2D eigenvalue weighted by Gasteiger charge is 2.37. The van der Waals surface area contributed by atoms with Gasteiger partial charge < -0.3 is 10.0 Å². The molecule has 1 aliphatic carbocycles. The third-order valence-electron chi connectivity index (χ3n) is 8.30. The van der Waals surface area contributed by atoms with Crippen LogP contribution in [0.1, 0.15) is 95.8 Å². The van der Waals surface area contributed by atoms with E-state index in [1.165, 1.54) is 66.7 Å². The van der Waals surface area contributed by atoms with Gasteiger partial charge in [0.25, 0.3) is 0 Å². The largest absolute Gasteiger partial charge is 0.396 e. The van der Waals surface area contributed by atoms with Gasteiger partial charge in [0.2, 0.25) is 0 Å². The van der Waals surface area contributed by atoms with Gasteiger partial charge in [0, 0.05) is 24.6 Å². The first-order valence-electron chi connectivity index (χ1n) is 13.2. The second kappa shape index (κ2) is 10.3. The van der Waals surface area contributed by atoms with E-state index in [0.717, 1.165) is 32.4 Å². The van der Waals surface area contributed by atoms with Crippen LogP contribution in [0.3, 0.4) is 0 Å². The maximum absolute atomic E-state index is 8.98. The van der Waals surface area contributed by atoms with Crippen molar-refractivity contribution in [3.8, 4) is 0 Å². The Morgan fingerprint density at radius 3 is 2.42 bits per heavy atom. The number of hydrogen-bond acceptors (Lipinski definition) is 3. The minimum Gasteiger partial charge on any atom is -0.396 e. The van der Waals surface area contributed by atoms with Crippen molar-refractivity contribution in [2.75, 3.05) is 26.2 Å². The third-order valence-corrected chi connectivity index (χ3v) is 8.30. The van der Waals surface area contributed by atoms with Crippen molar-refractivity contribution in [2.24, 2.45) is 10.9 Å². The minimum absolute atomic E-state index is 0.227. The molecule has 3 aliphatic rings. The first-order chi connectivity index (χ1) is 15.8. The molecule has 0 aromatic heterocycles. The summed E-state index contributed by atoms with van der Waals surface area (Å²) < 4.78 is 0. The fourth-order valence-corrected chi connectivity index (χ4v) is 5.84. The van der Waals surface area contributed by atoms with E-state index in [2.05, 4.69) is 69.0 Å². The Bertz CT molecular complexity index is 913. The number of nitrogens with zero attached hydrogens (tertiary/aromatic N) is 2. The molecule has 3 heteroatoms. The van der Waals surface area contributed by atoms with Crippen LogP contribution >= 0.6 is 0 Å². The molecule has 3 nitrogen and oxygen atoms in total. The number of benzene rings is 1. The molecule has 1 saturated heterocycles. The Morgan fingerprint density at radius 2 is 1.70 bits per heavy atom. The van der Waals surface area contributed by atoms with E-state index in [1.807, 2.05) is 0 Å². The zero-order valence-corrected chi connectivity index (χ0v) is 21.4. The van der Waals surface area contributed by atoms with Gasteiger partial charge in [-0.25, -0.2) is 0 Å². The Balaban J connectivity index is 1.48. The van der Waals surface area contributed by atoms with Crippen molar-refractivity contribution in [1.82, 2.24) is 4.90 Å². The standard InChI is InChI=1S/C30H44N2O/c1-29(2)16-17-30(3,4)26-22-24(12-13-25(26)29)28-11-7-6-10-27(31-28)23-14-19-32(20-15-23)18-8-5-9-21-33/h6-7,10,12-13,22-23,33H,5,8-9,11,14-21H2,1-4H3. The lowest BCUT2D eigenvalue weighted by molar-refractivity contribution is 0.192. The summed E-state index contributed by atoms with van der Waals surface area (Å²) in [7, 11) is 0. The molecule has 180 valence electrons. The summed E-state index contributed by atoms with van der Waals surface area (Å²) in [6, 6.07) is 7.18. The van der Waals surface area contributed by atoms with Gasteiger partial charge in [0.05, 0.1) is 5.71 Å². The summed E-state index contributed by atoms with van der Waals surface area (Å²) in [5, 5.41) is 8.98. The van der Waals surface area contributed by atoms with E-state index >= 15 is 0 Å². The van der Waals surface area contributed by atoms with Gasteiger partial charge in [-0.05, 0) is 104 Å². The van der Waals surface area contributed by atoms with Gasteiger partial charge in [-0.2, -0.15) is 0 Å². The van der Waals surface area contributed by atoms with Crippen LogP contribution in [0.4, 0.5) is 0 Å². The zero-order chi connectivity index (χ0) is 23.5. The summed E-state index contributed by atoms with van der Waals surface area (Å²) in [5.74, 6) is 0.560. The van der Waals surface area contributed by atoms with Gasteiger partial charge in [0.15, 0.2) is 0 Å². The molecule has 1 fully saturated rings. The van der Waals surface area contributed by atoms with Gasteiger partial charge >= 0.3 is 0 Å². The number of unbranched alkanes of at least 4 members (excludes halogenated alkanes) is 2. The normalized spacial score (nSPS) is 22.9. The molecule has 0 unspecified atom stereocenters. The summed E-state index contributed by atoms with van der Waals surface area (Å²) in [5.41, 5.74) is 7.33. The number of piperidine rings is 1. The van der Waals surface area contributed by atoms with Crippen molar-refractivity contribution in [3.05, 3.63) is 58.8 Å². The van der Waals surface area contributed by atoms with Crippen LogP contribution in [-0.4, -0.2) is 42.0 Å². The average Bonchev–Trinajstić information content (AvgIpc) is 3.07. The molecule has 0 radical (unpaired) electrons. The number of aliphatic hydroxyl groups is 1. The van der Waals surface area contributed by atoms with Crippen LogP contribution in [0.2, 0.25) is 0 Å². The van der Waals surface area contributed by atoms with Gasteiger partial charge in [0.1, 0.15) is 0 Å². The first-order valence-corrected chi connectivity index (χ1v) is 13.2. The van der Waals surface area contributed by atoms with Crippen LogP contribution in [-0.2, 0) is 10.8 Å². The van der Waals surface area contributed by atoms with E-state index < -0.39 is 0 Å². The second-order valence-corrected chi connectivity index (χ2v) is 11.7. The number of allylic oxidation sites excluding steroid dienone is 4. The van der Waals surface area contributed by atoms with Crippen LogP contribution < -0.4 is 0 Å². The molecule has 1 aromatic rings. The van der Waals surface area contributed by atoms with E-state index in [1.54, 1.807) is 0 Å². The fraction of sp³-hybridized carbons (Fsp3) is 0.633. The molecule has 0 amide bonds. The topological polar surface area (TPSA) is 35.8 Å². The molecular formula is C30H44N2O. The number of hydrogen-bond donors (Lipinski definition) is 1. The van der Waals surface area contributed by atoms with Crippen molar-refractivity contribution in [3.63, 3.8) is 0 Å². The van der Waals surface area contributed by atoms with Crippen molar-refractivity contribution in [1.29, 1.82) is 0 Å². The SMILES string of the molecule is CC1(C)CCC(C)(C)c2cc(C3=NC(C4CCN(CCCCCO)CC4)=CC=CC3)ccc21. The molecule has 2 aliphatic heterocycles. The minimum atomic E-state index is 0.227. The Hall–Kier alpha value is -1.71. The van der Waals surface area contributed by atoms with E-state index in [-0.39, 0.29) is 10.8 Å². The third kappa shape index (κ3) is 5.69. The van der Waals surface area contributed by atoms with E-state index in [9.17, 15) is 0 Å². The van der Waals surface area contributed by atoms with Crippen LogP contribution in [0.25, 0.3) is 0 Å². The highest BCUT2D eigenvalue weighted by Crippen LogP contribution is 2.46. The molecule has 1 aromatic carbocycles. The molecule has 1 N–H and O–H groups in total. The van der Waals surface area contributed by atoms with Gasteiger partial charge in [-0.3, -0.25) is 4.99 Å². The fourth-order valence-electron chi connectivity index (χ4n) is 5.84. The van der Waals surface area contributed by atoms with Gasteiger partial charge in [-0.15, -0.1) is 0 Å². The van der Waals surface area contributed by atoms with Gasteiger partial charge in [-0.1, -0.05) is 52.0 Å². The maximum atomic E-state index is 8.98. The summed E-state index contributed by atoms with van der Waals surface area (Å²) in [6.07, 6.45) is 15.8. The molecule has 0 atom stereocenters. The Kier molecular flexibility index (Phi) is 7.60. The second-order valence-electron chi connectivity index (χ2n) is 11.7. The highest BCUT2D eigenvalue weighted by atomic mass is 16.2. The summed E-state index contributed by atoms with van der Waals surface area (Å²) >= 11 is 0.